The van der Waals surface area contributed by atoms with Gasteiger partial charge in [0.2, 0.25) is 0 Å². The van der Waals surface area contributed by atoms with E-state index in [1.54, 1.807) is 0 Å². The second-order valence-corrected chi connectivity index (χ2v) is 7.24. The molecule has 1 N–H and O–H groups in total. The van der Waals surface area contributed by atoms with Crippen LogP contribution in [0.3, 0.4) is 0 Å². The summed E-state index contributed by atoms with van der Waals surface area (Å²) >= 11 is 0. The van der Waals surface area contributed by atoms with Gasteiger partial charge in [-0.2, -0.15) is 0 Å². The molecule has 2 rings (SSSR count). The molecule has 3 unspecified atom stereocenters. The van der Waals surface area contributed by atoms with Crippen LogP contribution in [0.25, 0.3) is 0 Å². The molecule has 1 heteroatoms. The molecule has 0 amide bonds. The van der Waals surface area contributed by atoms with Gasteiger partial charge < -0.3 is 5.32 Å². The summed E-state index contributed by atoms with van der Waals surface area (Å²) in [6.45, 7) is 10.5. The van der Waals surface area contributed by atoms with Gasteiger partial charge in [-0.1, -0.05) is 83.7 Å². The van der Waals surface area contributed by atoms with Crippen molar-refractivity contribution in [2.24, 2.45) is 11.8 Å². The highest BCUT2D eigenvalue weighted by Crippen LogP contribution is 2.41. The van der Waals surface area contributed by atoms with Crippen molar-refractivity contribution in [2.45, 2.75) is 71.3 Å². The van der Waals surface area contributed by atoms with Gasteiger partial charge in [0.25, 0.3) is 0 Å². The van der Waals surface area contributed by atoms with E-state index in [1.165, 1.54) is 37.7 Å². The largest absolute Gasteiger partial charge is 0.313 e. The van der Waals surface area contributed by atoms with Crippen LogP contribution in [0.15, 0.2) is 30.3 Å². The number of rotatable bonds is 6. The minimum atomic E-state index is 0.187. The molecule has 1 aliphatic carbocycles. The SMILES string of the molecule is CCNC(C1CCCCC1CC)C(C)(C)c1ccccc1. The van der Waals surface area contributed by atoms with E-state index in [2.05, 4.69) is 63.3 Å². The minimum Gasteiger partial charge on any atom is -0.313 e. The van der Waals surface area contributed by atoms with E-state index in [1.807, 2.05) is 0 Å². The van der Waals surface area contributed by atoms with Gasteiger partial charge in [-0.25, -0.2) is 0 Å². The Hall–Kier alpha value is -0.820. The normalized spacial score (nSPS) is 24.8. The molecule has 1 nitrogen and oxygen atoms in total. The van der Waals surface area contributed by atoms with Gasteiger partial charge >= 0.3 is 0 Å². The molecule has 0 aliphatic heterocycles. The molecule has 0 spiro atoms. The number of nitrogens with one attached hydrogen (secondary N) is 1. The average Bonchev–Trinajstić information content (AvgIpc) is 2.53. The fourth-order valence-corrected chi connectivity index (χ4v) is 4.39. The zero-order chi connectivity index (χ0) is 15.3. The highest BCUT2D eigenvalue weighted by molar-refractivity contribution is 5.26. The predicted octanol–water partition coefficient (Wildman–Crippen LogP) is 5.16. The van der Waals surface area contributed by atoms with Crippen molar-refractivity contribution >= 4 is 0 Å². The quantitative estimate of drug-likeness (QED) is 0.762. The van der Waals surface area contributed by atoms with Gasteiger partial charge in [-0.05, 0) is 30.4 Å². The van der Waals surface area contributed by atoms with Crippen LogP contribution < -0.4 is 5.32 Å². The number of hydrogen-bond donors (Lipinski definition) is 1. The first kappa shape index (κ1) is 16.5. The summed E-state index contributed by atoms with van der Waals surface area (Å²) in [6, 6.07) is 11.7. The molecule has 0 bridgehead atoms. The van der Waals surface area contributed by atoms with E-state index in [-0.39, 0.29) is 5.41 Å². The topological polar surface area (TPSA) is 12.0 Å². The molecular weight excluding hydrogens is 254 g/mol. The maximum Gasteiger partial charge on any atom is 0.0189 e. The predicted molar refractivity (Wildman–Crippen MR) is 92.7 cm³/mol. The third-order valence-electron chi connectivity index (χ3n) is 5.64. The van der Waals surface area contributed by atoms with Crippen molar-refractivity contribution in [3.05, 3.63) is 35.9 Å². The number of benzene rings is 1. The lowest BCUT2D eigenvalue weighted by molar-refractivity contribution is 0.132. The van der Waals surface area contributed by atoms with Gasteiger partial charge in [0.1, 0.15) is 0 Å². The molecule has 1 aliphatic rings. The minimum absolute atomic E-state index is 0.187. The van der Waals surface area contributed by atoms with Crippen molar-refractivity contribution in [1.29, 1.82) is 0 Å². The van der Waals surface area contributed by atoms with E-state index < -0.39 is 0 Å². The van der Waals surface area contributed by atoms with Crippen molar-refractivity contribution in [3.63, 3.8) is 0 Å². The third kappa shape index (κ3) is 3.69. The third-order valence-corrected chi connectivity index (χ3v) is 5.64. The molecule has 118 valence electrons. The molecule has 1 fully saturated rings. The lowest BCUT2D eigenvalue weighted by Gasteiger charge is -2.45. The van der Waals surface area contributed by atoms with E-state index >= 15 is 0 Å². The summed E-state index contributed by atoms with van der Waals surface area (Å²) in [6.07, 6.45) is 6.99. The summed E-state index contributed by atoms with van der Waals surface area (Å²) in [5.74, 6) is 1.71. The summed E-state index contributed by atoms with van der Waals surface area (Å²) in [7, 11) is 0. The molecule has 3 atom stereocenters. The van der Waals surface area contributed by atoms with Crippen molar-refractivity contribution in [2.75, 3.05) is 6.54 Å². The van der Waals surface area contributed by atoms with Gasteiger partial charge in [-0.3, -0.25) is 0 Å². The average molecular weight is 287 g/mol. The van der Waals surface area contributed by atoms with E-state index in [4.69, 9.17) is 0 Å². The smallest absolute Gasteiger partial charge is 0.0189 e. The Bertz CT molecular complexity index is 409. The first-order valence-electron chi connectivity index (χ1n) is 8.90. The van der Waals surface area contributed by atoms with E-state index in [9.17, 15) is 0 Å². The lowest BCUT2D eigenvalue weighted by Crippen LogP contribution is -2.52. The van der Waals surface area contributed by atoms with Crippen LogP contribution >= 0.6 is 0 Å². The van der Waals surface area contributed by atoms with Crippen LogP contribution in [-0.2, 0) is 5.41 Å². The Morgan fingerprint density at radius 3 is 2.38 bits per heavy atom. The highest BCUT2D eigenvalue weighted by Gasteiger charge is 2.40. The lowest BCUT2D eigenvalue weighted by atomic mass is 9.64. The summed E-state index contributed by atoms with van der Waals surface area (Å²) in [5.41, 5.74) is 1.66. The molecule has 1 aromatic rings. The maximum atomic E-state index is 3.86. The fourth-order valence-electron chi connectivity index (χ4n) is 4.39. The Labute approximate surface area is 131 Å². The first-order chi connectivity index (χ1) is 10.1. The second kappa shape index (κ2) is 7.45. The molecule has 0 aromatic heterocycles. The molecule has 0 saturated heterocycles. The van der Waals surface area contributed by atoms with Gasteiger partial charge in [-0.15, -0.1) is 0 Å². The van der Waals surface area contributed by atoms with Crippen LogP contribution in [0.1, 0.15) is 65.4 Å². The standard InChI is InChI=1S/C20H33N/c1-5-16-12-10-11-15-18(16)19(21-6-2)20(3,4)17-13-8-7-9-14-17/h7-9,13-14,16,18-19,21H,5-6,10-12,15H2,1-4H3. The van der Waals surface area contributed by atoms with Gasteiger partial charge in [0, 0.05) is 11.5 Å². The Morgan fingerprint density at radius 2 is 1.76 bits per heavy atom. The van der Waals surface area contributed by atoms with Crippen molar-refractivity contribution in [1.82, 2.24) is 5.32 Å². The molecule has 0 radical (unpaired) electrons. The molecular formula is C20H33N. The molecule has 1 aromatic carbocycles. The molecule has 1 saturated carbocycles. The first-order valence-corrected chi connectivity index (χ1v) is 8.90. The van der Waals surface area contributed by atoms with E-state index in [0.717, 1.165) is 18.4 Å². The van der Waals surface area contributed by atoms with E-state index in [0.29, 0.717) is 6.04 Å². The second-order valence-electron chi connectivity index (χ2n) is 7.24. The van der Waals surface area contributed by atoms with Crippen LogP contribution in [-0.4, -0.2) is 12.6 Å². The number of hydrogen-bond acceptors (Lipinski definition) is 1. The number of likely N-dealkylation sites (N-methyl/N-ethyl adjacent to an activating group) is 1. The van der Waals surface area contributed by atoms with Crippen LogP contribution in [0, 0.1) is 11.8 Å². The van der Waals surface area contributed by atoms with Crippen LogP contribution in [0.2, 0.25) is 0 Å². The Morgan fingerprint density at radius 1 is 1.10 bits per heavy atom. The van der Waals surface area contributed by atoms with Crippen LogP contribution in [0.4, 0.5) is 0 Å². The Balaban J connectivity index is 2.28. The Kier molecular flexibility index (Phi) is 5.87. The summed E-state index contributed by atoms with van der Waals surface area (Å²) in [4.78, 5) is 0. The van der Waals surface area contributed by atoms with Gasteiger partial charge in [0.15, 0.2) is 0 Å². The zero-order valence-corrected chi connectivity index (χ0v) is 14.4. The molecule has 21 heavy (non-hydrogen) atoms. The van der Waals surface area contributed by atoms with Gasteiger partial charge in [0.05, 0.1) is 0 Å². The van der Waals surface area contributed by atoms with Crippen molar-refractivity contribution < 1.29 is 0 Å². The maximum absolute atomic E-state index is 3.86. The summed E-state index contributed by atoms with van der Waals surface area (Å²) < 4.78 is 0. The monoisotopic (exact) mass is 287 g/mol. The highest BCUT2D eigenvalue weighted by atomic mass is 14.9. The fraction of sp³-hybridized carbons (Fsp3) is 0.700. The van der Waals surface area contributed by atoms with Crippen molar-refractivity contribution in [3.8, 4) is 0 Å². The zero-order valence-electron chi connectivity index (χ0n) is 14.4. The van der Waals surface area contributed by atoms with Crippen LogP contribution in [0.5, 0.6) is 0 Å². The molecule has 0 heterocycles. The summed E-state index contributed by atoms with van der Waals surface area (Å²) in [5, 5.41) is 3.86.